The molecule has 1 heterocycles. The van der Waals surface area contributed by atoms with Crippen molar-refractivity contribution in [3.63, 3.8) is 0 Å². The van der Waals surface area contributed by atoms with Crippen LogP contribution < -0.4 is 5.32 Å². The van der Waals surface area contributed by atoms with Crippen molar-refractivity contribution in [2.24, 2.45) is 29.6 Å². The van der Waals surface area contributed by atoms with Gasteiger partial charge in [-0.25, -0.2) is 9.59 Å². The van der Waals surface area contributed by atoms with Crippen LogP contribution in [0.2, 0.25) is 0 Å². The zero-order valence-electron chi connectivity index (χ0n) is 18.9. The van der Waals surface area contributed by atoms with Crippen LogP contribution in [-0.2, 0) is 28.7 Å². The molecule has 1 aromatic rings. The van der Waals surface area contributed by atoms with Crippen molar-refractivity contribution in [3.8, 4) is 0 Å². The zero-order valence-corrected chi connectivity index (χ0v) is 18.9. The molecule has 1 aliphatic heterocycles. The number of carbonyl (C=O) groups is 5. The van der Waals surface area contributed by atoms with Crippen LogP contribution in [0.25, 0.3) is 0 Å². The number of hydrogen-bond acceptors (Lipinski definition) is 7. The molecule has 0 unspecified atom stereocenters. The molecule has 176 valence electrons. The lowest BCUT2D eigenvalue weighted by molar-refractivity contribution is -0.162. The van der Waals surface area contributed by atoms with Gasteiger partial charge in [-0.05, 0) is 61.3 Å². The number of nitrogens with one attached hydrogen (secondary N) is 1. The fourth-order valence-electron chi connectivity index (χ4n) is 5.61. The SMILES string of the molecule is COC(=O)c1ccc(NC(=O)COC(=O)[C@H](C(C)C)N2C(=O)[C@@H]3[C@H]4CC[C@@H](C4)[C@H]3C2=O)cc1. The van der Waals surface area contributed by atoms with E-state index in [2.05, 4.69) is 10.1 Å². The molecule has 2 aliphatic carbocycles. The van der Waals surface area contributed by atoms with Gasteiger partial charge in [0.15, 0.2) is 6.61 Å². The molecule has 5 atom stereocenters. The minimum atomic E-state index is -1.05. The number of rotatable bonds is 7. The summed E-state index contributed by atoms with van der Waals surface area (Å²) >= 11 is 0. The number of amides is 3. The Morgan fingerprint density at radius 1 is 1.03 bits per heavy atom. The molecule has 1 aromatic carbocycles. The quantitative estimate of drug-likeness (QED) is 0.492. The summed E-state index contributed by atoms with van der Waals surface area (Å²) in [5.41, 5.74) is 0.747. The molecule has 9 heteroatoms. The topological polar surface area (TPSA) is 119 Å². The monoisotopic (exact) mass is 456 g/mol. The second-order valence-corrected chi connectivity index (χ2v) is 9.34. The number of carbonyl (C=O) groups excluding carboxylic acids is 5. The Labute approximate surface area is 191 Å². The Morgan fingerprint density at radius 3 is 2.12 bits per heavy atom. The van der Waals surface area contributed by atoms with E-state index in [1.165, 1.54) is 31.4 Å². The third kappa shape index (κ3) is 4.12. The standard InChI is InChI=1S/C24H28N2O7/c1-12(2)20(26-21(28)18-14-4-5-15(10-14)19(18)22(26)29)24(31)33-11-17(27)25-16-8-6-13(7-9-16)23(30)32-3/h6-9,12,14-15,18-20H,4-5,10-11H2,1-3H3,(H,25,27)/t14-,15-,18+,19+,20-/m0/s1. The number of nitrogens with zero attached hydrogens (tertiary/aromatic N) is 1. The van der Waals surface area contributed by atoms with Gasteiger partial charge in [0.1, 0.15) is 6.04 Å². The van der Waals surface area contributed by atoms with Gasteiger partial charge in [-0.3, -0.25) is 19.3 Å². The summed E-state index contributed by atoms with van der Waals surface area (Å²) < 4.78 is 9.83. The lowest BCUT2D eigenvalue weighted by Crippen LogP contribution is -2.50. The number of methoxy groups -OCH3 is 1. The molecular formula is C24H28N2O7. The molecule has 33 heavy (non-hydrogen) atoms. The minimum Gasteiger partial charge on any atom is -0.465 e. The van der Waals surface area contributed by atoms with E-state index in [0.29, 0.717) is 11.3 Å². The van der Waals surface area contributed by atoms with Gasteiger partial charge < -0.3 is 14.8 Å². The van der Waals surface area contributed by atoms with E-state index in [4.69, 9.17) is 4.74 Å². The lowest BCUT2D eigenvalue weighted by Gasteiger charge is -2.28. The number of imide groups is 1. The molecule has 3 aliphatic rings. The molecule has 0 radical (unpaired) electrons. The van der Waals surface area contributed by atoms with Crippen LogP contribution >= 0.6 is 0 Å². The van der Waals surface area contributed by atoms with E-state index < -0.39 is 30.5 Å². The third-order valence-corrected chi connectivity index (χ3v) is 7.05. The molecule has 0 aromatic heterocycles. The largest absolute Gasteiger partial charge is 0.465 e. The number of ether oxygens (including phenoxy) is 2. The first-order valence-corrected chi connectivity index (χ1v) is 11.2. The first-order valence-electron chi connectivity index (χ1n) is 11.2. The molecule has 0 spiro atoms. The molecule has 4 rings (SSSR count). The van der Waals surface area contributed by atoms with Gasteiger partial charge in [0.2, 0.25) is 11.8 Å². The smallest absolute Gasteiger partial charge is 0.337 e. The van der Waals surface area contributed by atoms with Crippen LogP contribution in [0.1, 0.15) is 43.5 Å². The number of hydrogen-bond donors (Lipinski definition) is 1. The highest BCUT2D eigenvalue weighted by atomic mass is 16.5. The maximum absolute atomic E-state index is 13.1. The summed E-state index contributed by atoms with van der Waals surface area (Å²) in [6, 6.07) is 4.99. The van der Waals surface area contributed by atoms with Gasteiger partial charge in [-0.15, -0.1) is 0 Å². The van der Waals surface area contributed by atoms with Crippen LogP contribution in [0.5, 0.6) is 0 Å². The Hall–Kier alpha value is -3.23. The van der Waals surface area contributed by atoms with Crippen LogP contribution in [-0.4, -0.2) is 54.3 Å². The van der Waals surface area contributed by atoms with Crippen LogP contribution in [0.15, 0.2) is 24.3 Å². The zero-order chi connectivity index (χ0) is 23.9. The normalized spacial score (nSPS) is 26.4. The van der Waals surface area contributed by atoms with E-state index in [1.807, 2.05) is 0 Å². The highest BCUT2D eigenvalue weighted by Gasteiger charge is 2.62. The average Bonchev–Trinajstić information content (AvgIpc) is 3.47. The van der Waals surface area contributed by atoms with E-state index in [-0.39, 0.29) is 41.4 Å². The Kier molecular flexibility index (Phi) is 6.23. The summed E-state index contributed by atoms with van der Waals surface area (Å²) in [5, 5.41) is 2.57. The summed E-state index contributed by atoms with van der Waals surface area (Å²) in [6.07, 6.45) is 2.82. The number of esters is 2. The number of anilines is 1. The van der Waals surface area contributed by atoms with Crippen molar-refractivity contribution in [3.05, 3.63) is 29.8 Å². The average molecular weight is 456 g/mol. The third-order valence-electron chi connectivity index (χ3n) is 7.05. The van der Waals surface area contributed by atoms with Gasteiger partial charge >= 0.3 is 11.9 Å². The highest BCUT2D eigenvalue weighted by molar-refractivity contribution is 6.08. The minimum absolute atomic E-state index is 0.224. The molecule has 3 amide bonds. The van der Waals surface area contributed by atoms with Gasteiger partial charge in [-0.2, -0.15) is 0 Å². The number of benzene rings is 1. The molecule has 2 saturated carbocycles. The van der Waals surface area contributed by atoms with Gasteiger partial charge in [-0.1, -0.05) is 13.8 Å². The molecule has 2 bridgehead atoms. The van der Waals surface area contributed by atoms with E-state index >= 15 is 0 Å². The van der Waals surface area contributed by atoms with Gasteiger partial charge in [0.25, 0.3) is 5.91 Å². The van der Waals surface area contributed by atoms with Crippen molar-refractivity contribution in [2.75, 3.05) is 19.0 Å². The first kappa shape index (κ1) is 22.9. The summed E-state index contributed by atoms with van der Waals surface area (Å²) in [6.45, 7) is 2.94. The molecule has 1 N–H and O–H groups in total. The van der Waals surface area contributed by atoms with Crippen LogP contribution in [0, 0.1) is 29.6 Å². The van der Waals surface area contributed by atoms with Crippen LogP contribution in [0.3, 0.4) is 0 Å². The van der Waals surface area contributed by atoms with Crippen LogP contribution in [0.4, 0.5) is 5.69 Å². The second-order valence-electron chi connectivity index (χ2n) is 9.34. The Morgan fingerprint density at radius 2 is 1.61 bits per heavy atom. The summed E-state index contributed by atoms with van der Waals surface area (Å²) in [4.78, 5) is 63.9. The summed E-state index contributed by atoms with van der Waals surface area (Å²) in [7, 11) is 1.27. The van der Waals surface area contributed by atoms with Crippen molar-refractivity contribution >= 4 is 35.3 Å². The second kappa shape index (κ2) is 8.96. The fraction of sp³-hybridized carbons (Fsp3) is 0.542. The van der Waals surface area contributed by atoms with Crippen molar-refractivity contribution in [1.29, 1.82) is 0 Å². The number of likely N-dealkylation sites (tertiary alicyclic amines) is 1. The molecule has 9 nitrogen and oxygen atoms in total. The highest BCUT2D eigenvalue weighted by Crippen LogP contribution is 2.56. The maximum Gasteiger partial charge on any atom is 0.337 e. The van der Waals surface area contributed by atoms with Gasteiger partial charge in [0, 0.05) is 5.69 Å². The maximum atomic E-state index is 13.1. The molecule has 3 fully saturated rings. The first-order chi connectivity index (χ1) is 15.7. The van der Waals surface area contributed by atoms with Crippen molar-refractivity contribution in [2.45, 2.75) is 39.2 Å². The number of fused-ring (bicyclic) bond motifs is 5. The van der Waals surface area contributed by atoms with E-state index in [1.54, 1.807) is 13.8 Å². The molecule has 1 saturated heterocycles. The Bertz CT molecular complexity index is 959. The van der Waals surface area contributed by atoms with Crippen molar-refractivity contribution < 1.29 is 33.4 Å². The van der Waals surface area contributed by atoms with Crippen molar-refractivity contribution in [1.82, 2.24) is 4.90 Å². The van der Waals surface area contributed by atoms with E-state index in [9.17, 15) is 24.0 Å². The fourth-order valence-corrected chi connectivity index (χ4v) is 5.61. The van der Waals surface area contributed by atoms with Gasteiger partial charge in [0.05, 0.1) is 24.5 Å². The predicted molar refractivity (Wildman–Crippen MR) is 116 cm³/mol. The Balaban J connectivity index is 1.37. The predicted octanol–water partition coefficient (Wildman–Crippen LogP) is 2.01. The molecular weight excluding hydrogens is 428 g/mol. The van der Waals surface area contributed by atoms with E-state index in [0.717, 1.165) is 24.2 Å². The lowest BCUT2D eigenvalue weighted by atomic mass is 9.81. The summed E-state index contributed by atoms with van der Waals surface area (Å²) in [5.74, 6) is -2.93.